The van der Waals surface area contributed by atoms with E-state index in [0.29, 0.717) is 22.8 Å². The summed E-state index contributed by atoms with van der Waals surface area (Å²) < 4.78 is 24.3. The SMILES string of the molecule is CC[C@H](Oc1ccccc1F)C(=O)NCc1nc(-c2ccccc2Cl)no1. The van der Waals surface area contributed by atoms with Crippen LogP contribution in [0.5, 0.6) is 5.75 Å². The fourth-order valence-electron chi connectivity index (χ4n) is 2.37. The van der Waals surface area contributed by atoms with Gasteiger partial charge in [0.1, 0.15) is 0 Å². The molecule has 3 rings (SSSR count). The van der Waals surface area contributed by atoms with Gasteiger partial charge in [0, 0.05) is 5.56 Å². The van der Waals surface area contributed by atoms with Crippen molar-refractivity contribution in [3.05, 3.63) is 65.3 Å². The summed E-state index contributed by atoms with van der Waals surface area (Å²) in [5, 5.41) is 7.02. The Kier molecular flexibility index (Phi) is 6.03. The van der Waals surface area contributed by atoms with E-state index in [2.05, 4.69) is 15.5 Å². The summed E-state index contributed by atoms with van der Waals surface area (Å²) in [6, 6.07) is 13.0. The molecule has 0 fully saturated rings. The molecule has 0 saturated heterocycles. The minimum atomic E-state index is -0.840. The molecule has 8 heteroatoms. The monoisotopic (exact) mass is 389 g/mol. The summed E-state index contributed by atoms with van der Waals surface area (Å²) in [7, 11) is 0. The van der Waals surface area contributed by atoms with Crippen molar-refractivity contribution in [3.8, 4) is 17.1 Å². The van der Waals surface area contributed by atoms with Crippen LogP contribution in [-0.2, 0) is 11.3 Å². The van der Waals surface area contributed by atoms with Gasteiger partial charge in [-0.15, -0.1) is 0 Å². The van der Waals surface area contributed by atoms with Crippen molar-refractivity contribution in [2.75, 3.05) is 0 Å². The number of nitrogens with one attached hydrogen (secondary N) is 1. The first kappa shape index (κ1) is 18.8. The second-order valence-corrected chi connectivity index (χ2v) is 6.06. The number of benzene rings is 2. The van der Waals surface area contributed by atoms with Crippen molar-refractivity contribution in [2.24, 2.45) is 0 Å². The molecular weight excluding hydrogens is 373 g/mol. The number of nitrogens with zero attached hydrogens (tertiary/aromatic N) is 2. The number of para-hydroxylation sites is 1. The number of hydrogen-bond acceptors (Lipinski definition) is 5. The summed E-state index contributed by atoms with van der Waals surface area (Å²) in [4.78, 5) is 16.5. The molecule has 0 spiro atoms. The molecule has 3 aromatic rings. The first-order chi connectivity index (χ1) is 13.1. The fraction of sp³-hybridized carbons (Fsp3) is 0.211. The van der Waals surface area contributed by atoms with E-state index >= 15 is 0 Å². The van der Waals surface area contributed by atoms with Crippen LogP contribution >= 0.6 is 11.6 Å². The van der Waals surface area contributed by atoms with Gasteiger partial charge in [-0.25, -0.2) is 4.39 Å². The topological polar surface area (TPSA) is 77.2 Å². The number of carbonyl (C=O) groups is 1. The maximum absolute atomic E-state index is 13.7. The van der Waals surface area contributed by atoms with Crippen LogP contribution in [0.25, 0.3) is 11.4 Å². The smallest absolute Gasteiger partial charge is 0.261 e. The molecule has 1 heterocycles. The van der Waals surface area contributed by atoms with Crippen LogP contribution in [0.15, 0.2) is 53.1 Å². The van der Waals surface area contributed by atoms with Gasteiger partial charge in [0.15, 0.2) is 17.7 Å². The van der Waals surface area contributed by atoms with Crippen molar-refractivity contribution >= 4 is 17.5 Å². The van der Waals surface area contributed by atoms with Gasteiger partial charge < -0.3 is 14.6 Å². The van der Waals surface area contributed by atoms with E-state index in [1.807, 2.05) is 6.07 Å². The highest BCUT2D eigenvalue weighted by Gasteiger charge is 2.20. The normalized spacial score (nSPS) is 11.8. The Morgan fingerprint density at radius 2 is 2.00 bits per heavy atom. The predicted molar refractivity (Wildman–Crippen MR) is 97.7 cm³/mol. The second-order valence-electron chi connectivity index (χ2n) is 5.65. The lowest BCUT2D eigenvalue weighted by atomic mass is 10.2. The maximum atomic E-state index is 13.7. The van der Waals surface area contributed by atoms with Crippen LogP contribution < -0.4 is 10.1 Å². The Balaban J connectivity index is 1.61. The van der Waals surface area contributed by atoms with E-state index in [-0.39, 0.29) is 18.2 Å². The van der Waals surface area contributed by atoms with Crippen LogP contribution in [0.1, 0.15) is 19.2 Å². The van der Waals surface area contributed by atoms with Gasteiger partial charge in [0.25, 0.3) is 5.91 Å². The quantitative estimate of drug-likeness (QED) is 0.660. The molecule has 0 saturated carbocycles. The highest BCUT2D eigenvalue weighted by atomic mass is 35.5. The fourth-order valence-corrected chi connectivity index (χ4v) is 2.59. The van der Waals surface area contributed by atoms with Crippen molar-refractivity contribution in [3.63, 3.8) is 0 Å². The Labute approximate surface area is 160 Å². The summed E-state index contributed by atoms with van der Waals surface area (Å²) in [5.74, 6) is -0.347. The number of rotatable bonds is 7. The van der Waals surface area contributed by atoms with Gasteiger partial charge in [-0.2, -0.15) is 4.98 Å². The third-order valence-electron chi connectivity index (χ3n) is 3.77. The van der Waals surface area contributed by atoms with Gasteiger partial charge >= 0.3 is 0 Å². The molecule has 2 aromatic carbocycles. The zero-order chi connectivity index (χ0) is 19.2. The third-order valence-corrected chi connectivity index (χ3v) is 4.10. The van der Waals surface area contributed by atoms with E-state index in [0.717, 1.165) is 0 Å². The molecule has 1 aromatic heterocycles. The molecule has 0 bridgehead atoms. The molecule has 1 amide bonds. The van der Waals surface area contributed by atoms with Crippen LogP contribution in [0.3, 0.4) is 0 Å². The first-order valence-corrected chi connectivity index (χ1v) is 8.72. The molecule has 0 radical (unpaired) electrons. The molecule has 1 atom stereocenters. The van der Waals surface area contributed by atoms with E-state index in [4.69, 9.17) is 20.9 Å². The van der Waals surface area contributed by atoms with E-state index < -0.39 is 17.8 Å². The highest BCUT2D eigenvalue weighted by molar-refractivity contribution is 6.33. The molecule has 1 N–H and O–H groups in total. The number of carbonyl (C=O) groups excluding carboxylic acids is 1. The summed E-state index contributed by atoms with van der Waals surface area (Å²) >= 11 is 6.11. The lowest BCUT2D eigenvalue weighted by Gasteiger charge is -2.17. The molecule has 0 aliphatic carbocycles. The Bertz CT molecular complexity index is 932. The van der Waals surface area contributed by atoms with Gasteiger partial charge in [-0.05, 0) is 30.7 Å². The number of amides is 1. The third kappa shape index (κ3) is 4.62. The van der Waals surface area contributed by atoms with Crippen molar-refractivity contribution in [2.45, 2.75) is 26.0 Å². The lowest BCUT2D eigenvalue weighted by Crippen LogP contribution is -2.37. The summed E-state index contributed by atoms with van der Waals surface area (Å²) in [6.07, 6.45) is -0.470. The number of ether oxygens (including phenoxy) is 1. The number of aromatic nitrogens is 2. The van der Waals surface area contributed by atoms with Crippen LogP contribution in [0.4, 0.5) is 4.39 Å². The van der Waals surface area contributed by atoms with E-state index in [1.165, 1.54) is 12.1 Å². The number of hydrogen-bond donors (Lipinski definition) is 1. The van der Waals surface area contributed by atoms with Crippen molar-refractivity contribution < 1.29 is 18.4 Å². The Morgan fingerprint density at radius 3 is 2.74 bits per heavy atom. The van der Waals surface area contributed by atoms with Crippen LogP contribution in [0.2, 0.25) is 5.02 Å². The van der Waals surface area contributed by atoms with E-state index in [9.17, 15) is 9.18 Å². The van der Waals surface area contributed by atoms with Crippen LogP contribution in [-0.4, -0.2) is 22.2 Å². The first-order valence-electron chi connectivity index (χ1n) is 8.35. The minimum Gasteiger partial charge on any atom is -0.478 e. The lowest BCUT2D eigenvalue weighted by molar-refractivity contribution is -0.128. The largest absolute Gasteiger partial charge is 0.478 e. The molecule has 27 heavy (non-hydrogen) atoms. The van der Waals surface area contributed by atoms with E-state index in [1.54, 1.807) is 37.3 Å². The van der Waals surface area contributed by atoms with Crippen molar-refractivity contribution in [1.82, 2.24) is 15.5 Å². The zero-order valence-electron chi connectivity index (χ0n) is 14.5. The molecule has 0 unspecified atom stereocenters. The summed E-state index contributed by atoms with van der Waals surface area (Å²) in [6.45, 7) is 1.79. The average Bonchev–Trinajstić information content (AvgIpc) is 3.14. The molecule has 6 nitrogen and oxygen atoms in total. The molecule has 140 valence electrons. The average molecular weight is 390 g/mol. The molecular formula is C19H17ClFN3O3. The standard InChI is InChI=1S/C19H17ClFN3O3/c1-2-15(26-16-10-6-5-9-14(16)21)19(25)22-11-17-23-18(24-27-17)12-7-3-4-8-13(12)20/h3-10,15H,2,11H2,1H3,(H,22,25)/t15-/m0/s1. The Hall–Kier alpha value is -2.93. The predicted octanol–water partition coefficient (Wildman–Crippen LogP) is 4.00. The number of halogens is 2. The van der Waals surface area contributed by atoms with Gasteiger partial charge in [0.05, 0.1) is 11.6 Å². The minimum absolute atomic E-state index is 0.0212. The highest BCUT2D eigenvalue weighted by Crippen LogP contribution is 2.24. The maximum Gasteiger partial charge on any atom is 0.261 e. The molecule has 0 aliphatic heterocycles. The Morgan fingerprint density at radius 1 is 1.26 bits per heavy atom. The van der Waals surface area contributed by atoms with Gasteiger partial charge in [0.2, 0.25) is 11.7 Å². The van der Waals surface area contributed by atoms with Gasteiger partial charge in [-0.3, -0.25) is 4.79 Å². The zero-order valence-corrected chi connectivity index (χ0v) is 15.2. The van der Waals surface area contributed by atoms with Gasteiger partial charge in [-0.1, -0.05) is 47.9 Å². The second kappa shape index (κ2) is 8.64. The summed E-state index contributed by atoms with van der Waals surface area (Å²) in [5.41, 5.74) is 0.634. The van der Waals surface area contributed by atoms with Crippen molar-refractivity contribution in [1.29, 1.82) is 0 Å². The van der Waals surface area contributed by atoms with Crippen LogP contribution in [0, 0.1) is 5.82 Å². The molecule has 0 aliphatic rings.